The average molecular weight is 259 g/mol. The van der Waals surface area contributed by atoms with E-state index in [4.69, 9.17) is 4.74 Å². The lowest BCUT2D eigenvalue weighted by Crippen LogP contribution is -2.14. The van der Waals surface area contributed by atoms with Gasteiger partial charge in [-0.2, -0.15) is 0 Å². The van der Waals surface area contributed by atoms with Gasteiger partial charge < -0.3 is 4.74 Å². The number of amides is 1. The van der Waals surface area contributed by atoms with Crippen molar-refractivity contribution in [1.29, 1.82) is 0 Å². The molecule has 0 aliphatic carbocycles. The van der Waals surface area contributed by atoms with Gasteiger partial charge in [-0.05, 0) is 34.5 Å². The molecule has 0 bridgehead atoms. The Hall–Kier alpha value is -1.10. The van der Waals surface area contributed by atoms with Crippen molar-refractivity contribution in [3.05, 3.63) is 22.8 Å². The molecule has 0 radical (unpaired) electrons. The predicted molar refractivity (Wildman–Crippen MR) is 57.2 cm³/mol. The number of rotatable bonds is 3. The first-order valence-corrected chi connectivity index (χ1v) is 5.08. The summed E-state index contributed by atoms with van der Waals surface area (Å²) in [4.78, 5) is 15.1. The molecule has 1 heterocycles. The predicted octanol–water partition coefficient (Wildman–Crippen LogP) is 2.80. The fraction of sp³-hybridized carbons (Fsp3) is 0.333. The number of anilines is 1. The highest BCUT2D eigenvalue weighted by Gasteiger charge is 2.02. The quantitative estimate of drug-likeness (QED) is 0.849. The van der Waals surface area contributed by atoms with E-state index < -0.39 is 6.09 Å². The van der Waals surface area contributed by atoms with E-state index in [1.54, 1.807) is 18.2 Å². The molecule has 76 valence electrons. The summed E-state index contributed by atoms with van der Waals surface area (Å²) >= 11 is 3.20. The van der Waals surface area contributed by atoms with Crippen LogP contribution in [0.25, 0.3) is 0 Å². The molecule has 1 amide bonds. The molecule has 1 aromatic heterocycles. The number of hydrogen-bond donors (Lipinski definition) is 1. The molecule has 4 nitrogen and oxygen atoms in total. The molecule has 0 saturated heterocycles. The van der Waals surface area contributed by atoms with Gasteiger partial charge in [-0.15, -0.1) is 0 Å². The molecular weight excluding hydrogens is 248 g/mol. The van der Waals surface area contributed by atoms with Crippen LogP contribution in [0.15, 0.2) is 22.8 Å². The SMILES string of the molecule is CCCOC(=O)Nc1cccc(Br)n1. The summed E-state index contributed by atoms with van der Waals surface area (Å²) in [5.41, 5.74) is 0. The first kappa shape index (κ1) is 11.0. The molecule has 1 rings (SSSR count). The second kappa shape index (κ2) is 5.59. The summed E-state index contributed by atoms with van der Waals surface area (Å²) in [7, 11) is 0. The molecule has 1 N–H and O–H groups in total. The summed E-state index contributed by atoms with van der Waals surface area (Å²) < 4.78 is 5.50. The smallest absolute Gasteiger partial charge is 0.412 e. The minimum Gasteiger partial charge on any atom is -0.449 e. The van der Waals surface area contributed by atoms with Gasteiger partial charge in [-0.25, -0.2) is 9.78 Å². The Morgan fingerprint density at radius 3 is 3.07 bits per heavy atom. The Kier molecular flexibility index (Phi) is 4.39. The van der Waals surface area contributed by atoms with Gasteiger partial charge in [0.05, 0.1) is 6.61 Å². The zero-order valence-corrected chi connectivity index (χ0v) is 9.37. The van der Waals surface area contributed by atoms with E-state index in [0.717, 1.165) is 6.42 Å². The highest BCUT2D eigenvalue weighted by atomic mass is 79.9. The van der Waals surface area contributed by atoms with E-state index >= 15 is 0 Å². The Morgan fingerprint density at radius 2 is 2.43 bits per heavy atom. The highest BCUT2D eigenvalue weighted by Crippen LogP contribution is 2.09. The van der Waals surface area contributed by atoms with Gasteiger partial charge in [0.1, 0.15) is 10.4 Å². The first-order valence-electron chi connectivity index (χ1n) is 4.28. The topological polar surface area (TPSA) is 51.2 Å². The van der Waals surface area contributed by atoms with Gasteiger partial charge in [0.15, 0.2) is 0 Å². The van der Waals surface area contributed by atoms with E-state index in [1.165, 1.54) is 0 Å². The van der Waals surface area contributed by atoms with Gasteiger partial charge in [-0.1, -0.05) is 13.0 Å². The van der Waals surface area contributed by atoms with Gasteiger partial charge in [0.25, 0.3) is 0 Å². The van der Waals surface area contributed by atoms with Crippen molar-refractivity contribution in [3.63, 3.8) is 0 Å². The maximum Gasteiger partial charge on any atom is 0.412 e. The van der Waals surface area contributed by atoms with Crippen molar-refractivity contribution in [3.8, 4) is 0 Å². The molecule has 0 fully saturated rings. The summed E-state index contributed by atoms with van der Waals surface area (Å²) in [6.45, 7) is 2.35. The van der Waals surface area contributed by atoms with Crippen LogP contribution in [0.5, 0.6) is 0 Å². The van der Waals surface area contributed by atoms with Gasteiger partial charge in [0, 0.05) is 0 Å². The van der Waals surface area contributed by atoms with E-state index in [9.17, 15) is 4.79 Å². The Morgan fingerprint density at radius 1 is 1.64 bits per heavy atom. The number of carbonyl (C=O) groups is 1. The standard InChI is InChI=1S/C9H11BrN2O2/c1-2-6-14-9(13)12-8-5-3-4-7(10)11-8/h3-5H,2,6H2,1H3,(H,11,12,13). The molecule has 0 saturated carbocycles. The van der Waals surface area contributed by atoms with Gasteiger partial charge >= 0.3 is 6.09 Å². The van der Waals surface area contributed by atoms with Gasteiger partial charge in [-0.3, -0.25) is 5.32 Å². The molecule has 0 aliphatic heterocycles. The number of halogens is 1. The second-order valence-corrected chi connectivity index (χ2v) is 3.42. The average Bonchev–Trinajstić information content (AvgIpc) is 2.15. The van der Waals surface area contributed by atoms with Gasteiger partial charge in [0.2, 0.25) is 0 Å². The van der Waals surface area contributed by atoms with Crippen LogP contribution in [0.1, 0.15) is 13.3 Å². The first-order chi connectivity index (χ1) is 6.72. The summed E-state index contributed by atoms with van der Waals surface area (Å²) in [5, 5.41) is 2.52. The van der Waals surface area contributed by atoms with E-state index in [2.05, 4.69) is 26.2 Å². The lowest BCUT2D eigenvalue weighted by molar-refractivity contribution is 0.161. The van der Waals surface area contributed by atoms with E-state index in [-0.39, 0.29) is 0 Å². The van der Waals surface area contributed by atoms with Crippen molar-refractivity contribution < 1.29 is 9.53 Å². The van der Waals surface area contributed by atoms with Crippen LogP contribution >= 0.6 is 15.9 Å². The number of aromatic nitrogens is 1. The number of nitrogens with zero attached hydrogens (tertiary/aromatic N) is 1. The number of hydrogen-bond acceptors (Lipinski definition) is 3. The number of pyridine rings is 1. The fourth-order valence-corrected chi connectivity index (χ4v) is 1.16. The van der Waals surface area contributed by atoms with Crippen LogP contribution in [-0.2, 0) is 4.74 Å². The van der Waals surface area contributed by atoms with E-state index in [0.29, 0.717) is 17.0 Å². The highest BCUT2D eigenvalue weighted by molar-refractivity contribution is 9.10. The van der Waals surface area contributed by atoms with Crippen LogP contribution in [0, 0.1) is 0 Å². The third-order valence-corrected chi connectivity index (χ3v) is 1.82. The summed E-state index contributed by atoms with van der Waals surface area (Å²) in [5.74, 6) is 0.473. The molecule has 1 aromatic rings. The molecule has 0 spiro atoms. The molecule has 0 unspecified atom stereocenters. The lowest BCUT2D eigenvalue weighted by atomic mass is 10.5. The monoisotopic (exact) mass is 258 g/mol. The maximum absolute atomic E-state index is 11.1. The van der Waals surface area contributed by atoms with Crippen LogP contribution < -0.4 is 5.32 Å². The largest absolute Gasteiger partial charge is 0.449 e. The number of ether oxygens (including phenoxy) is 1. The lowest BCUT2D eigenvalue weighted by Gasteiger charge is -2.04. The summed E-state index contributed by atoms with van der Waals surface area (Å²) in [6.07, 6.45) is 0.330. The maximum atomic E-state index is 11.1. The van der Waals surface area contributed by atoms with Crippen molar-refractivity contribution in [2.24, 2.45) is 0 Å². The molecular formula is C9H11BrN2O2. The molecule has 0 aliphatic rings. The summed E-state index contributed by atoms with van der Waals surface area (Å²) in [6, 6.07) is 5.26. The normalized spacial score (nSPS) is 9.57. The zero-order valence-electron chi connectivity index (χ0n) is 7.79. The van der Waals surface area contributed by atoms with Crippen LogP contribution in [0.4, 0.5) is 10.6 Å². The molecule has 0 aromatic carbocycles. The number of carbonyl (C=O) groups excluding carboxylic acids is 1. The van der Waals surface area contributed by atoms with Crippen molar-refractivity contribution in [2.75, 3.05) is 11.9 Å². The van der Waals surface area contributed by atoms with Crippen molar-refractivity contribution >= 4 is 27.8 Å². The fourth-order valence-electron chi connectivity index (χ4n) is 0.813. The van der Waals surface area contributed by atoms with Crippen molar-refractivity contribution in [2.45, 2.75) is 13.3 Å². The Balaban J connectivity index is 2.47. The number of nitrogens with one attached hydrogen (secondary N) is 1. The Labute approximate surface area is 90.8 Å². The van der Waals surface area contributed by atoms with Crippen LogP contribution in [0.3, 0.4) is 0 Å². The minimum absolute atomic E-state index is 0.417. The Bertz CT molecular complexity index is 317. The molecule has 0 atom stereocenters. The second-order valence-electron chi connectivity index (χ2n) is 2.61. The molecule has 14 heavy (non-hydrogen) atoms. The third kappa shape index (κ3) is 3.74. The van der Waals surface area contributed by atoms with Crippen molar-refractivity contribution in [1.82, 2.24) is 4.98 Å². The third-order valence-electron chi connectivity index (χ3n) is 1.38. The van der Waals surface area contributed by atoms with Crippen LogP contribution in [-0.4, -0.2) is 17.7 Å². The van der Waals surface area contributed by atoms with Crippen LogP contribution in [0.2, 0.25) is 0 Å². The molecule has 5 heteroatoms. The van der Waals surface area contributed by atoms with E-state index in [1.807, 2.05) is 6.92 Å². The minimum atomic E-state index is -0.475. The zero-order chi connectivity index (χ0) is 10.4.